The van der Waals surface area contributed by atoms with Crippen molar-refractivity contribution in [3.63, 3.8) is 0 Å². The number of ether oxygens (including phenoxy) is 2. The van der Waals surface area contributed by atoms with Gasteiger partial charge in [-0.2, -0.15) is 0 Å². The number of methoxy groups -OCH3 is 1. The SMILES string of the molecule is COc1ccc(Oc2ccc(CNc3nc(C)cc(C)n3)cn2)cc1. The highest BCUT2D eigenvalue weighted by molar-refractivity contribution is 5.34. The van der Waals surface area contributed by atoms with Crippen molar-refractivity contribution in [1.82, 2.24) is 15.0 Å². The lowest BCUT2D eigenvalue weighted by atomic mass is 10.3. The molecule has 0 fully saturated rings. The van der Waals surface area contributed by atoms with Crippen LogP contribution in [0.1, 0.15) is 17.0 Å². The number of rotatable bonds is 6. The van der Waals surface area contributed by atoms with E-state index >= 15 is 0 Å². The third-order valence-electron chi connectivity index (χ3n) is 3.51. The fraction of sp³-hybridized carbons (Fsp3) is 0.211. The minimum Gasteiger partial charge on any atom is -0.497 e. The number of pyridine rings is 1. The average molecular weight is 336 g/mol. The van der Waals surface area contributed by atoms with Gasteiger partial charge in [0, 0.05) is 30.2 Å². The number of hydrogen-bond acceptors (Lipinski definition) is 6. The molecule has 0 aliphatic rings. The molecule has 6 heteroatoms. The van der Waals surface area contributed by atoms with Crippen molar-refractivity contribution in [1.29, 1.82) is 0 Å². The van der Waals surface area contributed by atoms with Crippen molar-refractivity contribution in [3.8, 4) is 17.4 Å². The van der Waals surface area contributed by atoms with Gasteiger partial charge in [-0.05, 0) is 49.7 Å². The lowest BCUT2D eigenvalue weighted by Crippen LogP contribution is -2.05. The van der Waals surface area contributed by atoms with Gasteiger partial charge >= 0.3 is 0 Å². The molecule has 0 aliphatic carbocycles. The fourth-order valence-corrected chi connectivity index (χ4v) is 2.33. The zero-order valence-electron chi connectivity index (χ0n) is 14.5. The number of benzene rings is 1. The number of anilines is 1. The molecule has 0 atom stereocenters. The maximum atomic E-state index is 5.72. The van der Waals surface area contributed by atoms with Crippen molar-refractivity contribution in [2.75, 3.05) is 12.4 Å². The van der Waals surface area contributed by atoms with Gasteiger partial charge in [-0.1, -0.05) is 6.07 Å². The summed E-state index contributed by atoms with van der Waals surface area (Å²) in [5.74, 6) is 2.66. The minimum absolute atomic E-state index is 0.538. The molecule has 3 aromatic rings. The highest BCUT2D eigenvalue weighted by Gasteiger charge is 2.02. The summed E-state index contributed by atoms with van der Waals surface area (Å²) in [6, 6.07) is 13.1. The molecular weight excluding hydrogens is 316 g/mol. The van der Waals surface area contributed by atoms with E-state index in [1.165, 1.54) is 0 Å². The summed E-state index contributed by atoms with van der Waals surface area (Å²) in [7, 11) is 1.63. The second-order valence-corrected chi connectivity index (χ2v) is 5.61. The Kier molecular flexibility index (Phi) is 5.09. The molecular formula is C19H20N4O2. The normalized spacial score (nSPS) is 10.4. The lowest BCUT2D eigenvalue weighted by Gasteiger charge is -2.08. The molecule has 2 heterocycles. The van der Waals surface area contributed by atoms with Gasteiger partial charge in [0.1, 0.15) is 11.5 Å². The first-order chi connectivity index (χ1) is 12.1. The Morgan fingerprint density at radius 2 is 1.60 bits per heavy atom. The Balaban J connectivity index is 1.59. The molecule has 0 saturated carbocycles. The predicted molar refractivity (Wildman–Crippen MR) is 96.1 cm³/mol. The number of hydrogen-bond donors (Lipinski definition) is 1. The molecule has 128 valence electrons. The molecule has 2 aromatic heterocycles. The zero-order chi connectivity index (χ0) is 17.6. The van der Waals surface area contributed by atoms with E-state index in [0.717, 1.165) is 22.7 Å². The summed E-state index contributed by atoms with van der Waals surface area (Å²) in [5.41, 5.74) is 2.90. The second kappa shape index (κ2) is 7.61. The molecule has 25 heavy (non-hydrogen) atoms. The van der Waals surface area contributed by atoms with E-state index in [-0.39, 0.29) is 0 Å². The molecule has 0 unspecified atom stereocenters. The Bertz CT molecular complexity index is 813. The number of aryl methyl sites for hydroxylation is 2. The molecule has 6 nitrogen and oxygen atoms in total. The van der Waals surface area contributed by atoms with Crippen LogP contribution in [0.3, 0.4) is 0 Å². The van der Waals surface area contributed by atoms with Gasteiger partial charge in [0.05, 0.1) is 7.11 Å². The summed E-state index contributed by atoms with van der Waals surface area (Å²) < 4.78 is 10.8. The topological polar surface area (TPSA) is 69.2 Å². The van der Waals surface area contributed by atoms with E-state index in [1.807, 2.05) is 56.3 Å². The molecule has 0 bridgehead atoms. The molecule has 1 aromatic carbocycles. The van der Waals surface area contributed by atoms with Gasteiger partial charge in [-0.3, -0.25) is 0 Å². The van der Waals surface area contributed by atoms with Gasteiger partial charge in [0.15, 0.2) is 0 Å². The number of aromatic nitrogens is 3. The van der Waals surface area contributed by atoms with Crippen LogP contribution in [0.15, 0.2) is 48.7 Å². The Hall–Kier alpha value is -3.15. The fourth-order valence-electron chi connectivity index (χ4n) is 2.33. The average Bonchev–Trinajstić information content (AvgIpc) is 2.61. The first kappa shape index (κ1) is 16.7. The van der Waals surface area contributed by atoms with Gasteiger partial charge in [-0.25, -0.2) is 15.0 Å². The van der Waals surface area contributed by atoms with Crippen molar-refractivity contribution >= 4 is 5.95 Å². The van der Waals surface area contributed by atoms with Crippen molar-refractivity contribution in [2.45, 2.75) is 20.4 Å². The molecule has 1 N–H and O–H groups in total. The highest BCUT2D eigenvalue weighted by Crippen LogP contribution is 2.22. The highest BCUT2D eigenvalue weighted by atomic mass is 16.5. The molecule has 0 amide bonds. The first-order valence-electron chi connectivity index (χ1n) is 7.95. The van der Waals surface area contributed by atoms with Crippen LogP contribution >= 0.6 is 0 Å². The van der Waals surface area contributed by atoms with E-state index in [2.05, 4.69) is 20.3 Å². The zero-order valence-corrected chi connectivity index (χ0v) is 14.5. The molecule has 0 radical (unpaired) electrons. The van der Waals surface area contributed by atoms with Crippen LogP contribution in [0, 0.1) is 13.8 Å². The summed E-state index contributed by atoms with van der Waals surface area (Å²) in [6.07, 6.45) is 1.77. The maximum Gasteiger partial charge on any atom is 0.223 e. The summed E-state index contributed by atoms with van der Waals surface area (Å²) in [6.45, 7) is 4.50. The van der Waals surface area contributed by atoms with E-state index in [0.29, 0.717) is 24.1 Å². The summed E-state index contributed by atoms with van der Waals surface area (Å²) in [5, 5.41) is 3.21. The second-order valence-electron chi connectivity index (χ2n) is 5.61. The van der Waals surface area contributed by atoms with Crippen LogP contribution in [0.2, 0.25) is 0 Å². The van der Waals surface area contributed by atoms with Crippen molar-refractivity contribution in [2.24, 2.45) is 0 Å². The number of nitrogens with one attached hydrogen (secondary N) is 1. The first-order valence-corrected chi connectivity index (χ1v) is 7.95. The Labute approximate surface area is 146 Å². The predicted octanol–water partition coefficient (Wildman–Crippen LogP) is 3.90. The van der Waals surface area contributed by atoms with Crippen molar-refractivity contribution < 1.29 is 9.47 Å². The van der Waals surface area contributed by atoms with Gasteiger partial charge in [-0.15, -0.1) is 0 Å². The smallest absolute Gasteiger partial charge is 0.223 e. The lowest BCUT2D eigenvalue weighted by molar-refractivity contribution is 0.412. The van der Waals surface area contributed by atoms with Crippen LogP contribution in [0.4, 0.5) is 5.95 Å². The van der Waals surface area contributed by atoms with Gasteiger partial charge in [0.25, 0.3) is 0 Å². The van der Waals surface area contributed by atoms with Crippen LogP contribution < -0.4 is 14.8 Å². The van der Waals surface area contributed by atoms with Crippen LogP contribution in [0.5, 0.6) is 17.4 Å². The van der Waals surface area contributed by atoms with Crippen LogP contribution in [-0.4, -0.2) is 22.1 Å². The summed E-state index contributed by atoms with van der Waals surface area (Å²) in [4.78, 5) is 13.0. The van der Waals surface area contributed by atoms with Crippen molar-refractivity contribution in [3.05, 3.63) is 65.6 Å². The largest absolute Gasteiger partial charge is 0.497 e. The standard InChI is InChI=1S/C19H20N4O2/c1-13-10-14(2)23-19(22-13)21-12-15-4-9-18(20-11-15)25-17-7-5-16(24-3)6-8-17/h4-11H,12H2,1-3H3,(H,21,22,23). The van der Waals surface area contributed by atoms with E-state index in [1.54, 1.807) is 13.3 Å². The number of nitrogens with zero attached hydrogens (tertiary/aromatic N) is 3. The van der Waals surface area contributed by atoms with E-state index < -0.39 is 0 Å². The maximum absolute atomic E-state index is 5.72. The molecule has 0 saturated heterocycles. The Morgan fingerprint density at radius 1 is 0.920 bits per heavy atom. The van der Waals surface area contributed by atoms with Crippen LogP contribution in [0.25, 0.3) is 0 Å². The summed E-state index contributed by atoms with van der Waals surface area (Å²) >= 11 is 0. The third-order valence-corrected chi connectivity index (χ3v) is 3.51. The molecule has 3 rings (SSSR count). The third kappa shape index (κ3) is 4.67. The molecule has 0 spiro atoms. The van der Waals surface area contributed by atoms with E-state index in [9.17, 15) is 0 Å². The van der Waals surface area contributed by atoms with Crippen LogP contribution in [-0.2, 0) is 6.54 Å². The minimum atomic E-state index is 0.538. The van der Waals surface area contributed by atoms with E-state index in [4.69, 9.17) is 9.47 Å². The van der Waals surface area contributed by atoms with Gasteiger partial charge < -0.3 is 14.8 Å². The monoisotopic (exact) mass is 336 g/mol. The quantitative estimate of drug-likeness (QED) is 0.736. The Morgan fingerprint density at radius 3 is 2.20 bits per heavy atom. The van der Waals surface area contributed by atoms with Gasteiger partial charge in [0.2, 0.25) is 11.8 Å². The molecule has 0 aliphatic heterocycles.